The average molecular weight is 316 g/mol. The first-order chi connectivity index (χ1) is 9.79. The molecule has 1 rings (SSSR count). The number of hydrogen-bond donors (Lipinski definition) is 1. The molecule has 116 valence electrons. The maximum Gasteiger partial charge on any atom is 0.337 e. The van der Waals surface area contributed by atoms with Crippen LogP contribution in [0.5, 0.6) is 0 Å². The molecule has 0 saturated heterocycles. The molecule has 1 aromatic carbocycles. The van der Waals surface area contributed by atoms with E-state index < -0.39 is 22.1 Å². The average Bonchev–Trinajstić information content (AvgIpc) is 2.45. The van der Waals surface area contributed by atoms with Crippen LogP contribution in [0.15, 0.2) is 23.1 Å². The van der Waals surface area contributed by atoms with Gasteiger partial charge in [0.1, 0.15) is 0 Å². The Balaban J connectivity index is 3.03. The second-order valence-corrected chi connectivity index (χ2v) is 5.61. The zero-order valence-electron chi connectivity index (χ0n) is 11.7. The van der Waals surface area contributed by atoms with Gasteiger partial charge in [-0.25, -0.2) is 4.79 Å². The second-order valence-electron chi connectivity index (χ2n) is 4.22. The molecule has 0 aliphatic carbocycles. The summed E-state index contributed by atoms with van der Waals surface area (Å²) >= 11 is 0. The maximum atomic E-state index is 11.4. The van der Waals surface area contributed by atoms with Crippen molar-refractivity contribution in [1.82, 2.24) is 0 Å². The molecule has 0 spiro atoms. The molecular formula is C13H16O7S. The highest BCUT2D eigenvalue weighted by atomic mass is 32.2. The molecule has 1 N–H and O–H groups in total. The fourth-order valence-electron chi connectivity index (χ4n) is 1.77. The molecule has 0 unspecified atom stereocenters. The van der Waals surface area contributed by atoms with Gasteiger partial charge in [-0.1, -0.05) is 6.07 Å². The molecule has 0 atom stereocenters. The molecule has 0 bridgehead atoms. The molecule has 1 aromatic rings. The highest BCUT2D eigenvalue weighted by Gasteiger charge is 2.18. The van der Waals surface area contributed by atoms with Crippen molar-refractivity contribution >= 4 is 22.1 Å². The van der Waals surface area contributed by atoms with Crippen molar-refractivity contribution in [3.8, 4) is 0 Å². The number of hydrogen-bond acceptors (Lipinski definition) is 6. The number of rotatable bonds is 6. The first-order valence-corrected chi connectivity index (χ1v) is 7.49. The van der Waals surface area contributed by atoms with E-state index in [9.17, 15) is 22.6 Å². The van der Waals surface area contributed by atoms with Gasteiger partial charge in [0.25, 0.3) is 10.1 Å². The summed E-state index contributed by atoms with van der Waals surface area (Å²) in [6.45, 7) is 0. The van der Waals surface area contributed by atoms with Gasteiger partial charge in [-0.3, -0.25) is 9.35 Å². The quantitative estimate of drug-likeness (QED) is 0.621. The van der Waals surface area contributed by atoms with E-state index in [0.717, 1.165) is 6.07 Å². The van der Waals surface area contributed by atoms with Crippen molar-refractivity contribution in [3.63, 3.8) is 0 Å². The van der Waals surface area contributed by atoms with Crippen LogP contribution < -0.4 is 0 Å². The van der Waals surface area contributed by atoms with Crippen LogP contribution >= 0.6 is 0 Å². The molecule has 21 heavy (non-hydrogen) atoms. The molecule has 0 radical (unpaired) electrons. The minimum Gasteiger partial charge on any atom is -0.469 e. The Hall–Kier alpha value is -1.93. The van der Waals surface area contributed by atoms with Crippen molar-refractivity contribution in [2.24, 2.45) is 0 Å². The summed E-state index contributed by atoms with van der Waals surface area (Å²) in [4.78, 5) is 22.0. The van der Waals surface area contributed by atoms with Crippen LogP contribution in [0.3, 0.4) is 0 Å². The van der Waals surface area contributed by atoms with E-state index in [4.69, 9.17) is 0 Å². The van der Waals surface area contributed by atoms with Gasteiger partial charge in [0, 0.05) is 6.42 Å². The topological polar surface area (TPSA) is 107 Å². The molecule has 8 heteroatoms. The Bertz CT molecular complexity index is 634. The Morgan fingerprint density at radius 3 is 2.38 bits per heavy atom. The largest absolute Gasteiger partial charge is 0.469 e. The number of carbonyl (C=O) groups is 2. The normalized spacial score (nSPS) is 11.0. The summed E-state index contributed by atoms with van der Waals surface area (Å²) in [6.07, 6.45) is 0.721. The minimum absolute atomic E-state index is 0.0156. The predicted molar refractivity (Wildman–Crippen MR) is 72.6 cm³/mol. The van der Waals surface area contributed by atoms with Gasteiger partial charge >= 0.3 is 11.9 Å². The van der Waals surface area contributed by atoms with E-state index in [-0.39, 0.29) is 23.3 Å². The van der Waals surface area contributed by atoms with Crippen LogP contribution in [0.2, 0.25) is 0 Å². The monoisotopic (exact) mass is 316 g/mol. The third-order valence-electron chi connectivity index (χ3n) is 2.82. The first-order valence-electron chi connectivity index (χ1n) is 6.05. The standard InChI is InChI=1S/C13H16O7S/c1-19-12(14)5-3-4-9-6-7-10(13(15)20-2)8-11(9)21(16,17)18/h6-8H,3-5H2,1-2H3,(H,16,17,18). The van der Waals surface area contributed by atoms with E-state index in [0.29, 0.717) is 12.0 Å². The smallest absolute Gasteiger partial charge is 0.337 e. The number of aryl methyl sites for hydroxylation is 1. The highest BCUT2D eigenvalue weighted by Crippen LogP contribution is 2.20. The predicted octanol–water partition coefficient (Wildman–Crippen LogP) is 1.22. The van der Waals surface area contributed by atoms with Crippen molar-refractivity contribution in [3.05, 3.63) is 29.3 Å². The first kappa shape index (κ1) is 17.1. The zero-order chi connectivity index (χ0) is 16.0. The highest BCUT2D eigenvalue weighted by molar-refractivity contribution is 7.85. The number of carbonyl (C=O) groups excluding carboxylic acids is 2. The van der Waals surface area contributed by atoms with Crippen molar-refractivity contribution in [2.75, 3.05) is 14.2 Å². The third-order valence-corrected chi connectivity index (χ3v) is 3.76. The summed E-state index contributed by atoms with van der Waals surface area (Å²) in [6, 6.07) is 3.86. The van der Waals surface area contributed by atoms with E-state index in [1.54, 1.807) is 0 Å². The maximum absolute atomic E-state index is 11.4. The number of ether oxygens (including phenoxy) is 2. The van der Waals surface area contributed by atoms with Gasteiger partial charge in [0.05, 0.1) is 24.7 Å². The Morgan fingerprint density at radius 2 is 1.86 bits per heavy atom. The third kappa shape index (κ3) is 4.83. The summed E-state index contributed by atoms with van der Waals surface area (Å²) in [7, 11) is -2.05. The van der Waals surface area contributed by atoms with Gasteiger partial charge in [0.15, 0.2) is 0 Å². The molecule has 0 saturated carbocycles. The molecule has 0 fully saturated rings. The molecular weight excluding hydrogens is 300 g/mol. The molecule has 0 heterocycles. The zero-order valence-corrected chi connectivity index (χ0v) is 12.5. The van der Waals surface area contributed by atoms with E-state index in [1.165, 1.54) is 26.4 Å². The Labute approximate surface area is 122 Å². The summed E-state index contributed by atoms with van der Waals surface area (Å²) in [5.41, 5.74) is 0.330. The molecule has 0 amide bonds. The lowest BCUT2D eigenvalue weighted by molar-refractivity contribution is -0.140. The summed E-state index contributed by atoms with van der Waals surface area (Å²) < 4.78 is 41.0. The Morgan fingerprint density at radius 1 is 1.19 bits per heavy atom. The lowest BCUT2D eigenvalue weighted by Gasteiger charge is -2.09. The second kappa shape index (κ2) is 7.19. The van der Waals surface area contributed by atoms with Crippen LogP contribution in [-0.2, 0) is 30.8 Å². The van der Waals surface area contributed by atoms with Crippen LogP contribution in [0.1, 0.15) is 28.8 Å². The fourth-order valence-corrected chi connectivity index (χ4v) is 2.55. The molecule has 0 aromatic heterocycles. The van der Waals surface area contributed by atoms with Gasteiger partial charge in [-0.15, -0.1) is 0 Å². The van der Waals surface area contributed by atoms with E-state index in [1.807, 2.05) is 0 Å². The number of benzene rings is 1. The lowest BCUT2D eigenvalue weighted by Crippen LogP contribution is -2.09. The van der Waals surface area contributed by atoms with Crippen LogP contribution in [0.25, 0.3) is 0 Å². The Kier molecular flexibility index (Phi) is 5.86. The van der Waals surface area contributed by atoms with Crippen molar-refractivity contribution in [1.29, 1.82) is 0 Å². The van der Waals surface area contributed by atoms with Gasteiger partial charge in [-0.2, -0.15) is 8.42 Å². The van der Waals surface area contributed by atoms with Crippen LogP contribution in [-0.4, -0.2) is 39.1 Å². The van der Waals surface area contributed by atoms with Gasteiger partial charge < -0.3 is 9.47 Å². The molecule has 0 aliphatic rings. The lowest BCUT2D eigenvalue weighted by atomic mass is 10.1. The van der Waals surface area contributed by atoms with E-state index in [2.05, 4.69) is 9.47 Å². The van der Waals surface area contributed by atoms with Gasteiger partial charge in [-0.05, 0) is 30.5 Å². The van der Waals surface area contributed by atoms with Crippen molar-refractivity contribution < 1.29 is 32.0 Å². The van der Waals surface area contributed by atoms with Crippen LogP contribution in [0, 0.1) is 0 Å². The molecule has 0 aliphatic heterocycles. The number of methoxy groups -OCH3 is 2. The van der Waals surface area contributed by atoms with Crippen LogP contribution in [0.4, 0.5) is 0 Å². The number of esters is 2. The van der Waals surface area contributed by atoms with Crippen molar-refractivity contribution in [2.45, 2.75) is 24.2 Å². The fraction of sp³-hybridized carbons (Fsp3) is 0.385. The van der Waals surface area contributed by atoms with E-state index >= 15 is 0 Å². The molecule has 7 nitrogen and oxygen atoms in total. The minimum atomic E-state index is -4.48. The summed E-state index contributed by atoms with van der Waals surface area (Å²) in [5.74, 6) is -1.12. The van der Waals surface area contributed by atoms with Gasteiger partial charge in [0.2, 0.25) is 0 Å². The SMILES string of the molecule is COC(=O)CCCc1ccc(C(=O)OC)cc1S(=O)(=O)O. The summed E-state index contributed by atoms with van der Waals surface area (Å²) in [5, 5.41) is 0.